The van der Waals surface area contributed by atoms with Crippen LogP contribution in [0.2, 0.25) is 0 Å². The molecular formula is C15H17N7O6. The lowest BCUT2D eigenvalue weighted by atomic mass is 10.3. The first-order valence-corrected chi connectivity index (χ1v) is 8.06. The van der Waals surface area contributed by atoms with Crippen molar-refractivity contribution in [3.05, 3.63) is 55.2 Å². The molecule has 0 aliphatic heterocycles. The maximum absolute atomic E-state index is 12.2. The zero-order chi connectivity index (χ0) is 20.4. The number of rotatable bonds is 7. The minimum Gasteiger partial charge on any atom is -0.493 e. The fourth-order valence-electron chi connectivity index (χ4n) is 2.67. The van der Waals surface area contributed by atoms with E-state index >= 15 is 0 Å². The van der Waals surface area contributed by atoms with Gasteiger partial charge in [-0.25, -0.2) is 10.6 Å². The Balaban J connectivity index is 1.80. The molecule has 1 aromatic carbocycles. The molecule has 0 amide bonds. The number of H-pyrrole nitrogens is 1. The van der Waals surface area contributed by atoms with Gasteiger partial charge in [-0.2, -0.15) is 4.98 Å². The van der Waals surface area contributed by atoms with Crippen molar-refractivity contribution >= 4 is 22.8 Å². The zero-order valence-corrected chi connectivity index (χ0v) is 14.7. The van der Waals surface area contributed by atoms with Crippen molar-refractivity contribution in [1.82, 2.24) is 19.1 Å². The predicted octanol–water partition coefficient (Wildman–Crippen LogP) is -0.423. The van der Waals surface area contributed by atoms with E-state index in [9.17, 15) is 24.8 Å². The molecule has 3 rings (SSSR count). The number of hydrazine groups is 1. The maximum atomic E-state index is 12.2. The molecule has 2 heterocycles. The van der Waals surface area contributed by atoms with Crippen molar-refractivity contribution in [3.8, 4) is 5.75 Å². The monoisotopic (exact) mass is 391 g/mol. The summed E-state index contributed by atoms with van der Waals surface area (Å²) in [7, 11) is 1.42. The number of fused-ring (bicyclic) bond motifs is 1. The van der Waals surface area contributed by atoms with E-state index in [1.165, 1.54) is 31.3 Å². The van der Waals surface area contributed by atoms with Gasteiger partial charge in [0.1, 0.15) is 12.0 Å². The average Bonchev–Trinajstić information content (AvgIpc) is 3.07. The molecule has 0 aliphatic rings. The molecule has 1 atom stereocenters. The lowest BCUT2D eigenvalue weighted by Crippen LogP contribution is -2.30. The summed E-state index contributed by atoms with van der Waals surface area (Å²) < 4.78 is 7.74. The summed E-state index contributed by atoms with van der Waals surface area (Å²) in [6.45, 7) is 0.0341. The molecule has 0 fully saturated rings. The summed E-state index contributed by atoms with van der Waals surface area (Å²) in [5, 5.41) is 21.2. The van der Waals surface area contributed by atoms with Gasteiger partial charge < -0.3 is 9.84 Å². The fourth-order valence-corrected chi connectivity index (χ4v) is 2.67. The van der Waals surface area contributed by atoms with Crippen LogP contribution in [0.1, 0.15) is 12.6 Å². The number of nitrogen functional groups attached to an aromatic ring is 1. The second kappa shape index (κ2) is 7.50. The van der Waals surface area contributed by atoms with Gasteiger partial charge in [-0.05, 0) is 12.1 Å². The largest absolute Gasteiger partial charge is 0.493 e. The number of aliphatic hydroxyl groups is 1. The number of anilines is 1. The van der Waals surface area contributed by atoms with Gasteiger partial charge in [0.05, 0.1) is 11.5 Å². The number of non-ortho nitro benzene ring substituents is 1. The summed E-state index contributed by atoms with van der Waals surface area (Å²) >= 11 is 0. The number of aromatic amines is 1. The van der Waals surface area contributed by atoms with Crippen molar-refractivity contribution < 1.29 is 14.8 Å². The van der Waals surface area contributed by atoms with Crippen LogP contribution in [0.3, 0.4) is 0 Å². The third kappa shape index (κ3) is 3.43. The molecule has 3 aromatic rings. The molecule has 0 unspecified atom stereocenters. The predicted molar refractivity (Wildman–Crippen MR) is 97.9 cm³/mol. The van der Waals surface area contributed by atoms with Gasteiger partial charge in [0.15, 0.2) is 11.2 Å². The number of ether oxygens (including phenoxy) is 1. The molecule has 28 heavy (non-hydrogen) atoms. The second-order valence-corrected chi connectivity index (χ2v) is 5.81. The molecule has 2 aromatic heterocycles. The van der Waals surface area contributed by atoms with Gasteiger partial charge in [-0.1, -0.05) is 0 Å². The number of hydrogen-bond acceptors (Lipinski definition) is 9. The Morgan fingerprint density at radius 2 is 2.07 bits per heavy atom. The SMILES string of the molecule is Cn1c(=O)[nH]c(=O)c2c1nc(NN)n2[C@H](O)CCOc1ccc([N+](=O)[O-])cc1. The molecule has 0 radical (unpaired) electrons. The Kier molecular flexibility index (Phi) is 5.10. The Hall–Kier alpha value is -3.71. The molecule has 0 spiro atoms. The number of nitrogens with zero attached hydrogens (tertiary/aromatic N) is 4. The average molecular weight is 391 g/mol. The molecule has 148 valence electrons. The van der Waals surface area contributed by atoms with E-state index in [2.05, 4.69) is 15.4 Å². The van der Waals surface area contributed by atoms with Crippen LogP contribution >= 0.6 is 0 Å². The zero-order valence-electron chi connectivity index (χ0n) is 14.7. The number of aryl methyl sites for hydroxylation is 1. The number of hydrogen-bond donors (Lipinski definition) is 4. The highest BCUT2D eigenvalue weighted by Crippen LogP contribution is 2.22. The number of nitro benzene ring substituents is 1. The van der Waals surface area contributed by atoms with E-state index in [0.717, 1.165) is 9.13 Å². The summed E-state index contributed by atoms with van der Waals surface area (Å²) in [4.78, 5) is 40.2. The smallest absolute Gasteiger partial charge is 0.329 e. The number of benzene rings is 1. The molecule has 13 heteroatoms. The normalized spacial score (nSPS) is 12.1. The number of aliphatic hydroxyl groups excluding tert-OH is 1. The third-order valence-electron chi connectivity index (χ3n) is 4.07. The fraction of sp³-hybridized carbons (Fsp3) is 0.267. The molecular weight excluding hydrogens is 374 g/mol. The first kappa shape index (κ1) is 19.1. The van der Waals surface area contributed by atoms with Crippen molar-refractivity contribution in [1.29, 1.82) is 0 Å². The van der Waals surface area contributed by atoms with Gasteiger partial charge in [-0.3, -0.25) is 34.5 Å². The highest BCUT2D eigenvalue weighted by molar-refractivity contribution is 5.74. The van der Waals surface area contributed by atoms with Crippen LogP contribution in [0, 0.1) is 10.1 Å². The van der Waals surface area contributed by atoms with Crippen LogP contribution in [0.5, 0.6) is 5.75 Å². The van der Waals surface area contributed by atoms with Crippen LogP contribution in [-0.4, -0.2) is 35.7 Å². The summed E-state index contributed by atoms with van der Waals surface area (Å²) in [6, 6.07) is 5.46. The van der Waals surface area contributed by atoms with Crippen molar-refractivity contribution in [2.75, 3.05) is 12.0 Å². The minimum absolute atomic E-state index is 0.00969. The highest BCUT2D eigenvalue weighted by Gasteiger charge is 2.21. The Bertz CT molecular complexity index is 1130. The van der Waals surface area contributed by atoms with E-state index in [1.54, 1.807) is 0 Å². The molecule has 0 saturated heterocycles. The molecule has 5 N–H and O–H groups in total. The number of nitrogens with one attached hydrogen (secondary N) is 2. The van der Waals surface area contributed by atoms with Gasteiger partial charge >= 0.3 is 5.69 Å². The molecule has 13 nitrogen and oxygen atoms in total. The van der Waals surface area contributed by atoms with E-state index in [-0.39, 0.29) is 35.8 Å². The number of nitrogens with two attached hydrogens (primary N) is 1. The lowest BCUT2D eigenvalue weighted by molar-refractivity contribution is -0.384. The Labute approximate surface area is 156 Å². The van der Waals surface area contributed by atoms with Crippen LogP contribution in [0.4, 0.5) is 11.6 Å². The first-order valence-electron chi connectivity index (χ1n) is 8.06. The van der Waals surface area contributed by atoms with E-state index in [0.29, 0.717) is 5.75 Å². The molecule has 0 bridgehead atoms. The van der Waals surface area contributed by atoms with Gasteiger partial charge in [-0.15, -0.1) is 0 Å². The van der Waals surface area contributed by atoms with Gasteiger partial charge in [0, 0.05) is 25.6 Å². The summed E-state index contributed by atoms with van der Waals surface area (Å²) in [5.41, 5.74) is 0.867. The lowest BCUT2D eigenvalue weighted by Gasteiger charge is -2.16. The van der Waals surface area contributed by atoms with Crippen molar-refractivity contribution in [2.45, 2.75) is 12.6 Å². The second-order valence-electron chi connectivity index (χ2n) is 5.81. The summed E-state index contributed by atoms with van der Waals surface area (Å²) in [6.07, 6.45) is -1.20. The number of nitro groups is 1. The first-order chi connectivity index (χ1) is 13.3. The van der Waals surface area contributed by atoms with E-state index in [1.807, 2.05) is 0 Å². The minimum atomic E-state index is -1.24. The van der Waals surface area contributed by atoms with Gasteiger partial charge in [0.25, 0.3) is 11.2 Å². The highest BCUT2D eigenvalue weighted by atomic mass is 16.6. The van der Waals surface area contributed by atoms with E-state index in [4.69, 9.17) is 10.6 Å². The van der Waals surface area contributed by atoms with Crippen LogP contribution in [0.25, 0.3) is 11.2 Å². The van der Waals surface area contributed by atoms with Crippen molar-refractivity contribution in [3.63, 3.8) is 0 Å². The quantitative estimate of drug-likeness (QED) is 0.236. The Morgan fingerprint density at radius 3 is 2.68 bits per heavy atom. The summed E-state index contributed by atoms with van der Waals surface area (Å²) in [5.74, 6) is 5.79. The standard InChI is InChI=1S/C15H17N7O6/c1-20-12-11(13(24)18-15(20)25)21(14(17-12)19-16)10(23)6-7-28-9-4-2-8(3-5-9)22(26)27/h2-5,10,23H,6-7,16H2,1H3,(H,17,19)(H,18,24,25)/t10-/m1/s1. The third-order valence-corrected chi connectivity index (χ3v) is 4.07. The maximum Gasteiger partial charge on any atom is 0.329 e. The molecule has 0 saturated carbocycles. The van der Waals surface area contributed by atoms with Crippen LogP contribution in [-0.2, 0) is 7.05 Å². The van der Waals surface area contributed by atoms with Gasteiger partial charge in [0.2, 0.25) is 5.95 Å². The molecule has 0 aliphatic carbocycles. The van der Waals surface area contributed by atoms with Crippen LogP contribution < -0.4 is 27.3 Å². The van der Waals surface area contributed by atoms with Crippen LogP contribution in [0.15, 0.2) is 33.9 Å². The Morgan fingerprint density at radius 1 is 1.39 bits per heavy atom. The van der Waals surface area contributed by atoms with E-state index < -0.39 is 22.4 Å². The van der Waals surface area contributed by atoms with Crippen molar-refractivity contribution in [2.24, 2.45) is 12.9 Å². The topological polar surface area (TPSA) is 183 Å². The number of aromatic nitrogens is 4. The number of imidazole rings is 1.